The van der Waals surface area contributed by atoms with Crippen molar-refractivity contribution in [3.63, 3.8) is 0 Å². The monoisotopic (exact) mass is 228 g/mol. The van der Waals surface area contributed by atoms with Crippen LogP contribution in [0.25, 0.3) is 0 Å². The molecule has 80 valence electrons. The molecule has 15 heavy (non-hydrogen) atoms. The van der Waals surface area contributed by atoms with Crippen molar-refractivity contribution >= 4 is 23.4 Å². The van der Waals surface area contributed by atoms with Gasteiger partial charge in [0.25, 0.3) is 0 Å². The number of carboxylic acid groups (broad SMARTS) is 1. The zero-order valence-electron chi connectivity index (χ0n) is 7.90. The Morgan fingerprint density at radius 2 is 1.73 bits per heavy atom. The summed E-state index contributed by atoms with van der Waals surface area (Å²) in [5.74, 6) is -2.45. The summed E-state index contributed by atoms with van der Waals surface area (Å²) < 4.78 is 0. The highest BCUT2D eigenvalue weighted by Gasteiger charge is 2.39. The van der Waals surface area contributed by atoms with E-state index in [4.69, 9.17) is 16.7 Å². The fraction of sp³-hybridized carbons (Fsp3) is 0.200. The molecule has 0 spiro atoms. The molecule has 0 aliphatic carbocycles. The Morgan fingerprint density at radius 1 is 1.27 bits per heavy atom. The molecule has 0 aliphatic heterocycles. The van der Waals surface area contributed by atoms with Crippen LogP contribution in [0, 0.1) is 0 Å². The molecule has 0 amide bonds. The van der Waals surface area contributed by atoms with Gasteiger partial charge in [0.2, 0.25) is 11.4 Å². The van der Waals surface area contributed by atoms with Crippen LogP contribution in [-0.4, -0.2) is 27.6 Å². The lowest BCUT2D eigenvalue weighted by atomic mass is 9.95. The van der Waals surface area contributed by atoms with Crippen molar-refractivity contribution in [2.24, 2.45) is 0 Å². The summed E-state index contributed by atoms with van der Waals surface area (Å²) in [4.78, 5) is 22.2. The number of carbonyl (C=O) groups excluding carboxylic acids is 1. The molecule has 4 nitrogen and oxygen atoms in total. The van der Waals surface area contributed by atoms with Gasteiger partial charge in [-0.1, -0.05) is 11.6 Å². The first-order valence-electron chi connectivity index (χ1n) is 4.12. The molecule has 1 aromatic carbocycles. The van der Waals surface area contributed by atoms with E-state index in [1.54, 1.807) is 0 Å². The van der Waals surface area contributed by atoms with Crippen molar-refractivity contribution in [3.8, 4) is 0 Å². The second-order valence-corrected chi connectivity index (χ2v) is 3.65. The Kier molecular flexibility index (Phi) is 3.12. The maximum atomic E-state index is 11.5. The number of benzene rings is 1. The molecule has 1 aromatic rings. The zero-order valence-corrected chi connectivity index (χ0v) is 8.65. The van der Waals surface area contributed by atoms with Gasteiger partial charge in [-0.2, -0.15) is 0 Å². The number of aliphatic hydroxyl groups is 1. The quantitative estimate of drug-likeness (QED) is 0.605. The van der Waals surface area contributed by atoms with Gasteiger partial charge in [-0.3, -0.25) is 4.79 Å². The average molecular weight is 229 g/mol. The van der Waals surface area contributed by atoms with E-state index in [0.29, 0.717) is 5.02 Å². The van der Waals surface area contributed by atoms with Gasteiger partial charge in [-0.25, -0.2) is 4.79 Å². The van der Waals surface area contributed by atoms with Crippen LogP contribution in [0.15, 0.2) is 24.3 Å². The van der Waals surface area contributed by atoms with Gasteiger partial charge in [0, 0.05) is 10.6 Å². The van der Waals surface area contributed by atoms with Crippen LogP contribution in [0.5, 0.6) is 0 Å². The van der Waals surface area contributed by atoms with Crippen molar-refractivity contribution in [2.45, 2.75) is 12.5 Å². The zero-order chi connectivity index (χ0) is 11.6. The molecule has 0 bridgehead atoms. The Bertz CT molecular complexity index is 394. The summed E-state index contributed by atoms with van der Waals surface area (Å²) in [6, 6.07) is 5.63. The molecular formula is C10H9ClO4. The Hall–Kier alpha value is -1.39. The lowest BCUT2D eigenvalue weighted by Crippen LogP contribution is -2.43. The first-order valence-corrected chi connectivity index (χ1v) is 4.49. The van der Waals surface area contributed by atoms with E-state index in [-0.39, 0.29) is 5.56 Å². The number of rotatable bonds is 3. The van der Waals surface area contributed by atoms with E-state index >= 15 is 0 Å². The van der Waals surface area contributed by atoms with Crippen LogP contribution in [0.1, 0.15) is 17.3 Å². The minimum absolute atomic E-state index is 0.104. The third-order valence-electron chi connectivity index (χ3n) is 1.96. The second kappa shape index (κ2) is 4.00. The third kappa shape index (κ3) is 2.34. The molecule has 0 radical (unpaired) electrons. The molecule has 2 N–H and O–H groups in total. The topological polar surface area (TPSA) is 74.6 Å². The van der Waals surface area contributed by atoms with Crippen LogP contribution >= 0.6 is 11.6 Å². The number of hydrogen-bond donors (Lipinski definition) is 2. The van der Waals surface area contributed by atoms with E-state index in [1.807, 2.05) is 0 Å². The number of ketones is 1. The molecule has 0 saturated carbocycles. The van der Waals surface area contributed by atoms with Crippen molar-refractivity contribution in [2.75, 3.05) is 0 Å². The van der Waals surface area contributed by atoms with Gasteiger partial charge >= 0.3 is 5.97 Å². The molecule has 5 heteroatoms. The normalized spacial score (nSPS) is 14.3. The molecule has 0 unspecified atom stereocenters. The van der Waals surface area contributed by atoms with Crippen molar-refractivity contribution in [1.82, 2.24) is 0 Å². The van der Waals surface area contributed by atoms with Crippen molar-refractivity contribution < 1.29 is 19.8 Å². The highest BCUT2D eigenvalue weighted by atomic mass is 35.5. The summed E-state index contributed by atoms with van der Waals surface area (Å²) in [5.41, 5.74) is -2.31. The number of aliphatic carboxylic acids is 1. The van der Waals surface area contributed by atoms with Gasteiger partial charge in [0.15, 0.2) is 0 Å². The largest absolute Gasteiger partial charge is 0.479 e. The fourth-order valence-corrected chi connectivity index (χ4v) is 1.11. The van der Waals surface area contributed by atoms with E-state index in [0.717, 1.165) is 6.92 Å². The maximum Gasteiger partial charge on any atom is 0.343 e. The summed E-state index contributed by atoms with van der Waals surface area (Å²) in [6.45, 7) is 0.937. The van der Waals surface area contributed by atoms with Gasteiger partial charge in [0.1, 0.15) is 0 Å². The first kappa shape index (κ1) is 11.7. The van der Waals surface area contributed by atoms with Crippen molar-refractivity contribution in [3.05, 3.63) is 34.9 Å². The van der Waals surface area contributed by atoms with Crippen molar-refractivity contribution in [1.29, 1.82) is 0 Å². The molecule has 0 heterocycles. The highest BCUT2D eigenvalue weighted by molar-refractivity contribution is 6.30. The van der Waals surface area contributed by atoms with Crippen LogP contribution < -0.4 is 0 Å². The minimum atomic E-state index is -2.41. The fourth-order valence-electron chi connectivity index (χ4n) is 0.979. The summed E-state index contributed by atoms with van der Waals surface area (Å²) in [6.07, 6.45) is 0. The van der Waals surface area contributed by atoms with Gasteiger partial charge in [-0.05, 0) is 31.2 Å². The van der Waals surface area contributed by atoms with Gasteiger partial charge in [0.05, 0.1) is 0 Å². The predicted octanol–water partition coefficient (Wildman–Crippen LogP) is 1.36. The van der Waals surface area contributed by atoms with Crippen LogP contribution in [0.3, 0.4) is 0 Å². The molecule has 1 atom stereocenters. The standard InChI is InChI=1S/C10H9ClO4/c1-10(15,9(13)14)8(12)6-2-4-7(11)5-3-6/h2-5,15H,1H3,(H,13,14)/t10-/m1/s1. The molecule has 0 aliphatic rings. The Balaban J connectivity index is 3.05. The highest BCUT2D eigenvalue weighted by Crippen LogP contribution is 2.16. The van der Waals surface area contributed by atoms with E-state index < -0.39 is 17.4 Å². The SMILES string of the molecule is C[C@](O)(C(=O)O)C(=O)c1ccc(Cl)cc1. The predicted molar refractivity (Wildman–Crippen MR) is 54.0 cm³/mol. The number of Topliss-reactive ketones (excluding diaryl/α,β-unsaturated/α-hetero) is 1. The van der Waals surface area contributed by atoms with Crippen LogP contribution in [-0.2, 0) is 4.79 Å². The van der Waals surface area contributed by atoms with E-state index in [9.17, 15) is 14.7 Å². The summed E-state index contributed by atoms with van der Waals surface area (Å²) in [5, 5.41) is 18.5. The second-order valence-electron chi connectivity index (χ2n) is 3.21. The number of halogens is 1. The van der Waals surface area contributed by atoms with E-state index in [2.05, 4.69) is 0 Å². The molecule has 0 saturated heterocycles. The number of carbonyl (C=O) groups is 2. The molecular weight excluding hydrogens is 220 g/mol. The van der Waals surface area contributed by atoms with Gasteiger partial charge < -0.3 is 10.2 Å². The molecule has 0 fully saturated rings. The minimum Gasteiger partial charge on any atom is -0.479 e. The van der Waals surface area contributed by atoms with Crippen LogP contribution in [0.4, 0.5) is 0 Å². The molecule has 0 aromatic heterocycles. The summed E-state index contributed by atoms with van der Waals surface area (Å²) >= 11 is 5.60. The lowest BCUT2D eigenvalue weighted by Gasteiger charge is -2.15. The third-order valence-corrected chi connectivity index (χ3v) is 2.22. The number of carboxylic acids is 1. The summed E-state index contributed by atoms with van der Waals surface area (Å²) in [7, 11) is 0. The Labute approximate surface area is 91.1 Å². The van der Waals surface area contributed by atoms with Gasteiger partial charge in [-0.15, -0.1) is 0 Å². The lowest BCUT2D eigenvalue weighted by molar-refractivity contribution is -0.151. The average Bonchev–Trinajstić information content (AvgIpc) is 2.17. The Morgan fingerprint density at radius 3 is 2.13 bits per heavy atom. The number of hydrogen-bond acceptors (Lipinski definition) is 3. The van der Waals surface area contributed by atoms with E-state index in [1.165, 1.54) is 24.3 Å². The molecule has 1 rings (SSSR count). The smallest absolute Gasteiger partial charge is 0.343 e. The van der Waals surface area contributed by atoms with Crippen LogP contribution in [0.2, 0.25) is 5.02 Å². The maximum absolute atomic E-state index is 11.5. The first-order chi connectivity index (χ1) is 6.85.